The monoisotopic (exact) mass is 300 g/mol. The van der Waals surface area contributed by atoms with Gasteiger partial charge in [-0.2, -0.15) is 0 Å². The maximum absolute atomic E-state index is 10.9. The number of hydrogen-bond donors (Lipinski definition) is 2. The standard InChI is InChI=1S/C14H21ClN2O3/c1-9(2)6-14(4,17-13(18)19)8-20-11-7-16-12(15)5-10(11)3/h5,7,9,17H,6,8H2,1-4H3,(H,18,19)/t14-/m0/s1. The van der Waals surface area contributed by atoms with E-state index in [0.29, 0.717) is 23.2 Å². The first-order chi connectivity index (χ1) is 9.22. The number of nitrogens with zero attached hydrogens (tertiary/aromatic N) is 1. The molecule has 1 amide bonds. The zero-order valence-corrected chi connectivity index (χ0v) is 13.0. The molecule has 0 radical (unpaired) electrons. The summed E-state index contributed by atoms with van der Waals surface area (Å²) in [6, 6.07) is 1.71. The predicted octanol–water partition coefficient (Wildman–Crippen LogP) is 3.49. The molecule has 1 heterocycles. The lowest BCUT2D eigenvalue weighted by molar-refractivity contribution is 0.142. The van der Waals surface area contributed by atoms with Gasteiger partial charge in [0.25, 0.3) is 0 Å². The van der Waals surface area contributed by atoms with Crippen molar-refractivity contribution in [2.75, 3.05) is 6.61 Å². The Morgan fingerprint density at radius 2 is 2.25 bits per heavy atom. The van der Waals surface area contributed by atoms with Crippen LogP contribution in [-0.2, 0) is 0 Å². The Kier molecular flexibility index (Phi) is 5.62. The lowest BCUT2D eigenvalue weighted by Crippen LogP contribution is -2.50. The van der Waals surface area contributed by atoms with Gasteiger partial charge in [0.05, 0.1) is 11.7 Å². The summed E-state index contributed by atoms with van der Waals surface area (Å²) in [5.41, 5.74) is 0.221. The van der Waals surface area contributed by atoms with Gasteiger partial charge in [-0.3, -0.25) is 0 Å². The molecule has 112 valence electrons. The Balaban J connectivity index is 2.77. The minimum absolute atomic E-state index is 0.238. The molecule has 20 heavy (non-hydrogen) atoms. The highest BCUT2D eigenvalue weighted by molar-refractivity contribution is 6.29. The maximum atomic E-state index is 10.9. The van der Waals surface area contributed by atoms with Gasteiger partial charge in [-0.05, 0) is 37.8 Å². The van der Waals surface area contributed by atoms with Crippen molar-refractivity contribution in [2.45, 2.75) is 39.7 Å². The van der Waals surface area contributed by atoms with Crippen LogP contribution in [0.1, 0.15) is 32.8 Å². The van der Waals surface area contributed by atoms with E-state index in [0.717, 1.165) is 5.56 Å². The molecule has 0 aliphatic heterocycles. The fraction of sp³-hybridized carbons (Fsp3) is 0.571. The van der Waals surface area contributed by atoms with Crippen LogP contribution in [0, 0.1) is 12.8 Å². The van der Waals surface area contributed by atoms with Gasteiger partial charge in [-0.15, -0.1) is 0 Å². The van der Waals surface area contributed by atoms with Gasteiger partial charge < -0.3 is 15.2 Å². The fourth-order valence-electron chi connectivity index (χ4n) is 2.20. The van der Waals surface area contributed by atoms with Crippen LogP contribution in [0.2, 0.25) is 5.15 Å². The molecular formula is C14H21ClN2O3. The Bertz CT molecular complexity index is 479. The van der Waals surface area contributed by atoms with E-state index in [1.54, 1.807) is 12.3 Å². The highest BCUT2D eigenvalue weighted by Gasteiger charge is 2.28. The quantitative estimate of drug-likeness (QED) is 0.789. The molecule has 0 bridgehead atoms. The average Bonchev–Trinajstić information content (AvgIpc) is 2.25. The van der Waals surface area contributed by atoms with Crippen LogP contribution in [0.3, 0.4) is 0 Å². The van der Waals surface area contributed by atoms with Crippen LogP contribution in [-0.4, -0.2) is 28.3 Å². The molecular weight excluding hydrogens is 280 g/mol. The highest BCUT2D eigenvalue weighted by Crippen LogP contribution is 2.23. The van der Waals surface area contributed by atoms with Crippen molar-refractivity contribution in [1.82, 2.24) is 10.3 Å². The Hall–Kier alpha value is -1.49. The van der Waals surface area contributed by atoms with E-state index < -0.39 is 11.6 Å². The number of ether oxygens (including phenoxy) is 1. The molecule has 0 spiro atoms. The molecule has 0 aliphatic carbocycles. The van der Waals surface area contributed by atoms with E-state index in [1.807, 2.05) is 27.7 Å². The van der Waals surface area contributed by atoms with Crippen molar-refractivity contribution in [2.24, 2.45) is 5.92 Å². The van der Waals surface area contributed by atoms with Crippen molar-refractivity contribution in [3.63, 3.8) is 0 Å². The van der Waals surface area contributed by atoms with Gasteiger partial charge >= 0.3 is 6.09 Å². The summed E-state index contributed by atoms with van der Waals surface area (Å²) in [7, 11) is 0. The van der Waals surface area contributed by atoms with Gasteiger partial charge in [0.15, 0.2) is 0 Å². The van der Waals surface area contributed by atoms with Gasteiger partial charge in [-0.25, -0.2) is 9.78 Å². The number of hydrogen-bond acceptors (Lipinski definition) is 3. The molecule has 0 unspecified atom stereocenters. The van der Waals surface area contributed by atoms with Crippen molar-refractivity contribution in [1.29, 1.82) is 0 Å². The van der Waals surface area contributed by atoms with E-state index in [2.05, 4.69) is 10.3 Å². The van der Waals surface area contributed by atoms with Gasteiger partial charge in [0.2, 0.25) is 0 Å². The van der Waals surface area contributed by atoms with Crippen LogP contribution in [0.15, 0.2) is 12.3 Å². The van der Waals surface area contributed by atoms with E-state index in [9.17, 15) is 4.79 Å². The van der Waals surface area contributed by atoms with Crippen molar-refractivity contribution >= 4 is 17.7 Å². The highest BCUT2D eigenvalue weighted by atomic mass is 35.5. The van der Waals surface area contributed by atoms with Gasteiger partial charge in [0, 0.05) is 0 Å². The molecule has 0 saturated carbocycles. The van der Waals surface area contributed by atoms with Crippen molar-refractivity contribution in [3.05, 3.63) is 23.0 Å². The number of pyridine rings is 1. The fourth-order valence-corrected chi connectivity index (χ4v) is 2.42. The van der Waals surface area contributed by atoms with Crippen LogP contribution < -0.4 is 10.1 Å². The number of rotatable bonds is 6. The van der Waals surface area contributed by atoms with E-state index in [1.165, 1.54) is 0 Å². The third-order valence-electron chi connectivity index (χ3n) is 2.84. The minimum Gasteiger partial charge on any atom is -0.489 e. The summed E-state index contributed by atoms with van der Waals surface area (Å²) in [5, 5.41) is 11.9. The summed E-state index contributed by atoms with van der Waals surface area (Å²) < 4.78 is 5.71. The van der Waals surface area contributed by atoms with E-state index >= 15 is 0 Å². The lowest BCUT2D eigenvalue weighted by Gasteiger charge is -2.31. The number of carboxylic acid groups (broad SMARTS) is 1. The first kappa shape index (κ1) is 16.6. The molecule has 5 nitrogen and oxygen atoms in total. The Morgan fingerprint density at radius 1 is 1.60 bits per heavy atom. The summed E-state index contributed by atoms with van der Waals surface area (Å²) in [6.07, 6.45) is 1.18. The second-order valence-electron chi connectivity index (χ2n) is 5.65. The third kappa shape index (κ3) is 5.25. The molecule has 6 heteroatoms. The normalized spacial score (nSPS) is 13.9. The zero-order valence-electron chi connectivity index (χ0n) is 12.2. The van der Waals surface area contributed by atoms with Crippen LogP contribution in [0.4, 0.5) is 4.79 Å². The number of nitrogens with one attached hydrogen (secondary N) is 1. The number of halogens is 1. The first-order valence-corrected chi connectivity index (χ1v) is 6.86. The molecule has 1 atom stereocenters. The third-order valence-corrected chi connectivity index (χ3v) is 3.05. The molecule has 1 aromatic rings. The van der Waals surface area contributed by atoms with E-state index in [-0.39, 0.29) is 6.61 Å². The number of aryl methyl sites for hydroxylation is 1. The minimum atomic E-state index is -1.05. The summed E-state index contributed by atoms with van der Waals surface area (Å²) >= 11 is 5.79. The van der Waals surface area contributed by atoms with E-state index in [4.69, 9.17) is 21.4 Å². The molecule has 1 rings (SSSR count). The first-order valence-electron chi connectivity index (χ1n) is 6.48. The molecule has 2 N–H and O–H groups in total. The number of carbonyl (C=O) groups is 1. The second kappa shape index (κ2) is 6.79. The molecule has 0 fully saturated rings. The largest absolute Gasteiger partial charge is 0.489 e. The zero-order chi connectivity index (χ0) is 15.3. The lowest BCUT2D eigenvalue weighted by atomic mass is 9.91. The second-order valence-corrected chi connectivity index (χ2v) is 6.04. The summed E-state index contributed by atoms with van der Waals surface area (Å²) in [4.78, 5) is 14.9. The molecule has 1 aromatic heterocycles. The Morgan fingerprint density at radius 3 is 2.75 bits per heavy atom. The van der Waals surface area contributed by atoms with Crippen LogP contribution in [0.25, 0.3) is 0 Å². The van der Waals surface area contributed by atoms with Crippen LogP contribution in [0.5, 0.6) is 5.75 Å². The summed E-state index contributed by atoms with van der Waals surface area (Å²) in [5.74, 6) is 0.955. The van der Waals surface area contributed by atoms with Gasteiger partial charge in [0.1, 0.15) is 17.5 Å². The smallest absolute Gasteiger partial charge is 0.405 e. The number of aromatic nitrogens is 1. The van der Waals surface area contributed by atoms with Crippen molar-refractivity contribution < 1.29 is 14.6 Å². The Labute approximate surface area is 124 Å². The topological polar surface area (TPSA) is 71.5 Å². The molecule has 0 aromatic carbocycles. The van der Waals surface area contributed by atoms with Crippen molar-refractivity contribution in [3.8, 4) is 5.75 Å². The van der Waals surface area contributed by atoms with Crippen LogP contribution >= 0.6 is 11.6 Å². The SMILES string of the molecule is Cc1cc(Cl)ncc1OC[C@](C)(CC(C)C)NC(=O)O. The molecule has 0 aliphatic rings. The average molecular weight is 301 g/mol. The van der Waals surface area contributed by atoms with Gasteiger partial charge in [-0.1, -0.05) is 25.4 Å². The predicted molar refractivity (Wildman–Crippen MR) is 78.5 cm³/mol. The maximum Gasteiger partial charge on any atom is 0.405 e. The molecule has 0 saturated heterocycles. The number of amides is 1. The summed E-state index contributed by atoms with van der Waals surface area (Å²) in [6.45, 7) is 8.02.